The third-order valence-corrected chi connectivity index (χ3v) is 5.33. The van der Waals surface area contributed by atoms with E-state index in [1.165, 1.54) is 0 Å². The predicted octanol–water partition coefficient (Wildman–Crippen LogP) is 3.27. The van der Waals surface area contributed by atoms with Gasteiger partial charge in [-0.3, -0.25) is 4.79 Å². The molecule has 0 saturated heterocycles. The van der Waals surface area contributed by atoms with E-state index in [0.29, 0.717) is 19.0 Å². The molecule has 1 aromatic carbocycles. The average Bonchev–Trinajstić information content (AvgIpc) is 3.17. The van der Waals surface area contributed by atoms with Gasteiger partial charge in [0, 0.05) is 23.7 Å². The van der Waals surface area contributed by atoms with Crippen LogP contribution in [0.5, 0.6) is 0 Å². The Morgan fingerprint density at radius 1 is 1.22 bits per heavy atom. The summed E-state index contributed by atoms with van der Waals surface area (Å²) >= 11 is 1.56. The van der Waals surface area contributed by atoms with Crippen molar-refractivity contribution in [2.24, 2.45) is 0 Å². The molecule has 0 bridgehead atoms. The number of nitrogens with zero attached hydrogens (tertiary/aromatic N) is 4. The summed E-state index contributed by atoms with van der Waals surface area (Å²) in [7, 11) is 0. The number of carbonyl (C=O) groups excluding carboxylic acids is 1. The van der Waals surface area contributed by atoms with Crippen molar-refractivity contribution in [1.82, 2.24) is 19.7 Å². The third kappa shape index (κ3) is 2.43. The molecular formula is C17H18N4OS. The van der Waals surface area contributed by atoms with Gasteiger partial charge in [0.2, 0.25) is 0 Å². The smallest absolute Gasteiger partial charge is 0.264 e. The number of benzene rings is 1. The van der Waals surface area contributed by atoms with Crippen LogP contribution < -0.4 is 0 Å². The summed E-state index contributed by atoms with van der Waals surface area (Å²) in [5, 5.41) is 9.67. The summed E-state index contributed by atoms with van der Waals surface area (Å²) in [5.41, 5.74) is 0. The molecule has 6 heteroatoms. The first-order chi connectivity index (χ1) is 11.1. The lowest BCUT2D eigenvalue weighted by molar-refractivity contribution is 0.0711. The first-order valence-electron chi connectivity index (χ1n) is 7.83. The predicted molar refractivity (Wildman–Crippen MR) is 90.7 cm³/mol. The van der Waals surface area contributed by atoms with Gasteiger partial charge in [-0.1, -0.05) is 32.0 Å². The molecule has 1 aliphatic heterocycles. The van der Waals surface area contributed by atoms with Crippen molar-refractivity contribution < 1.29 is 4.79 Å². The van der Waals surface area contributed by atoms with Gasteiger partial charge in [-0.15, -0.1) is 21.5 Å². The van der Waals surface area contributed by atoms with E-state index >= 15 is 0 Å². The van der Waals surface area contributed by atoms with Crippen LogP contribution in [0.2, 0.25) is 0 Å². The number of aromatic nitrogens is 3. The molecule has 1 amide bonds. The lowest BCUT2D eigenvalue weighted by atomic mass is 10.2. The number of hydrogen-bond acceptors (Lipinski definition) is 4. The maximum absolute atomic E-state index is 12.8. The highest BCUT2D eigenvalue weighted by Gasteiger charge is 2.26. The van der Waals surface area contributed by atoms with E-state index in [1.807, 2.05) is 29.2 Å². The number of amides is 1. The van der Waals surface area contributed by atoms with Crippen LogP contribution >= 0.6 is 11.3 Å². The zero-order valence-electron chi connectivity index (χ0n) is 13.2. The number of carbonyl (C=O) groups is 1. The fourth-order valence-electron chi connectivity index (χ4n) is 3.02. The summed E-state index contributed by atoms with van der Waals surface area (Å²) < 4.78 is 3.30. The molecule has 2 aromatic heterocycles. The average molecular weight is 326 g/mol. The van der Waals surface area contributed by atoms with Crippen LogP contribution in [0.4, 0.5) is 0 Å². The summed E-state index contributed by atoms with van der Waals surface area (Å²) in [5.74, 6) is 2.33. The van der Waals surface area contributed by atoms with Crippen molar-refractivity contribution in [1.29, 1.82) is 0 Å². The summed E-state index contributed by atoms with van der Waals surface area (Å²) in [6, 6.07) is 10.1. The van der Waals surface area contributed by atoms with Crippen molar-refractivity contribution in [3.05, 3.63) is 46.9 Å². The maximum atomic E-state index is 12.8. The van der Waals surface area contributed by atoms with E-state index in [2.05, 4.69) is 34.7 Å². The summed E-state index contributed by atoms with van der Waals surface area (Å²) in [4.78, 5) is 15.5. The van der Waals surface area contributed by atoms with Gasteiger partial charge < -0.3 is 9.47 Å². The van der Waals surface area contributed by atoms with Crippen LogP contribution in [0.15, 0.2) is 30.3 Å². The second-order valence-corrected chi connectivity index (χ2v) is 7.24. The zero-order valence-corrected chi connectivity index (χ0v) is 14.0. The first kappa shape index (κ1) is 14.4. The van der Waals surface area contributed by atoms with Crippen LogP contribution in [0.3, 0.4) is 0 Å². The van der Waals surface area contributed by atoms with Gasteiger partial charge >= 0.3 is 0 Å². The Hall–Kier alpha value is -2.21. The number of fused-ring (bicyclic) bond motifs is 2. The van der Waals surface area contributed by atoms with E-state index in [1.54, 1.807) is 11.3 Å². The summed E-state index contributed by atoms with van der Waals surface area (Å²) in [6.45, 7) is 6.25. The molecule has 0 N–H and O–H groups in total. The van der Waals surface area contributed by atoms with Crippen LogP contribution in [0, 0.1) is 0 Å². The van der Waals surface area contributed by atoms with Gasteiger partial charge in [-0.05, 0) is 17.5 Å². The van der Waals surface area contributed by atoms with E-state index in [0.717, 1.165) is 33.2 Å². The van der Waals surface area contributed by atoms with Crippen molar-refractivity contribution >= 4 is 27.3 Å². The van der Waals surface area contributed by atoms with E-state index < -0.39 is 0 Å². The molecule has 0 fully saturated rings. The molecule has 0 aliphatic carbocycles. The van der Waals surface area contributed by atoms with E-state index in [4.69, 9.17) is 0 Å². The number of rotatable bonds is 2. The molecule has 0 spiro atoms. The standard InChI is InChI=1S/C17H18N4OS/c1-11(2)16-19-18-15-10-20(7-8-21(15)16)17(22)14-9-12-5-3-4-6-13(12)23-14/h3-6,9,11H,7-8,10H2,1-2H3. The largest absolute Gasteiger partial charge is 0.329 e. The third-order valence-electron chi connectivity index (χ3n) is 4.22. The molecule has 0 atom stereocenters. The Balaban J connectivity index is 1.60. The first-order valence-corrected chi connectivity index (χ1v) is 8.65. The maximum Gasteiger partial charge on any atom is 0.264 e. The van der Waals surface area contributed by atoms with Gasteiger partial charge in [-0.2, -0.15) is 0 Å². The van der Waals surface area contributed by atoms with Crippen LogP contribution in [0.1, 0.15) is 41.1 Å². The Bertz CT molecular complexity index is 847. The van der Waals surface area contributed by atoms with Gasteiger partial charge in [0.15, 0.2) is 5.82 Å². The molecule has 0 unspecified atom stereocenters. The number of hydrogen-bond donors (Lipinski definition) is 0. The Kier molecular flexibility index (Phi) is 3.41. The fourth-order valence-corrected chi connectivity index (χ4v) is 4.05. The minimum absolute atomic E-state index is 0.0894. The van der Waals surface area contributed by atoms with Gasteiger partial charge in [0.1, 0.15) is 5.82 Å². The van der Waals surface area contributed by atoms with Crippen molar-refractivity contribution in [2.45, 2.75) is 32.9 Å². The normalized spacial score (nSPS) is 14.5. The fraction of sp³-hybridized carbons (Fsp3) is 0.353. The van der Waals surface area contributed by atoms with Gasteiger partial charge in [0.05, 0.1) is 11.4 Å². The Morgan fingerprint density at radius 2 is 2.04 bits per heavy atom. The molecule has 0 saturated carbocycles. The quantitative estimate of drug-likeness (QED) is 0.726. The molecule has 118 valence electrons. The van der Waals surface area contributed by atoms with Crippen LogP contribution in [-0.4, -0.2) is 32.1 Å². The van der Waals surface area contributed by atoms with Gasteiger partial charge in [0.25, 0.3) is 5.91 Å². The molecule has 4 rings (SSSR count). The molecule has 0 radical (unpaired) electrons. The number of thiophene rings is 1. The molecule has 1 aliphatic rings. The molecular weight excluding hydrogens is 308 g/mol. The second kappa shape index (κ2) is 5.45. The Morgan fingerprint density at radius 3 is 2.83 bits per heavy atom. The van der Waals surface area contributed by atoms with Gasteiger partial charge in [-0.25, -0.2) is 0 Å². The van der Waals surface area contributed by atoms with Crippen molar-refractivity contribution in [2.75, 3.05) is 6.54 Å². The van der Waals surface area contributed by atoms with E-state index in [9.17, 15) is 4.79 Å². The highest BCUT2D eigenvalue weighted by Crippen LogP contribution is 2.27. The lowest BCUT2D eigenvalue weighted by Gasteiger charge is -2.27. The minimum Gasteiger partial charge on any atom is -0.329 e. The zero-order chi connectivity index (χ0) is 16.0. The van der Waals surface area contributed by atoms with E-state index in [-0.39, 0.29) is 5.91 Å². The molecule has 3 heterocycles. The molecule has 3 aromatic rings. The van der Waals surface area contributed by atoms with Crippen LogP contribution in [0.25, 0.3) is 10.1 Å². The topological polar surface area (TPSA) is 51.0 Å². The highest BCUT2D eigenvalue weighted by atomic mass is 32.1. The minimum atomic E-state index is 0.0894. The van der Waals surface area contributed by atoms with Crippen molar-refractivity contribution in [3.63, 3.8) is 0 Å². The van der Waals surface area contributed by atoms with Crippen molar-refractivity contribution in [3.8, 4) is 0 Å². The highest BCUT2D eigenvalue weighted by molar-refractivity contribution is 7.20. The second-order valence-electron chi connectivity index (χ2n) is 6.16. The lowest BCUT2D eigenvalue weighted by Crippen LogP contribution is -2.38. The van der Waals surface area contributed by atoms with Crippen LogP contribution in [-0.2, 0) is 13.1 Å². The Labute approximate surface area is 138 Å². The summed E-state index contributed by atoms with van der Waals surface area (Å²) in [6.07, 6.45) is 0. The monoisotopic (exact) mass is 326 g/mol. The SMILES string of the molecule is CC(C)c1nnc2n1CCN(C(=O)c1cc3ccccc3s1)C2. The molecule has 5 nitrogen and oxygen atoms in total. The molecule has 23 heavy (non-hydrogen) atoms.